The maximum absolute atomic E-state index is 13.2. The maximum Gasteiger partial charge on any atom is 0.245 e. The van der Waals surface area contributed by atoms with Gasteiger partial charge in [0.1, 0.15) is 6.04 Å². The van der Waals surface area contributed by atoms with Crippen molar-refractivity contribution in [2.24, 2.45) is 17.8 Å². The lowest BCUT2D eigenvalue weighted by atomic mass is 9.82. The molecule has 2 fully saturated rings. The molecular formula is C24H37N3O2. The lowest BCUT2D eigenvalue weighted by Crippen LogP contribution is -2.57. The van der Waals surface area contributed by atoms with Crippen LogP contribution in [0, 0.1) is 17.8 Å². The second-order valence-electron chi connectivity index (χ2n) is 9.27. The van der Waals surface area contributed by atoms with Gasteiger partial charge in [0.25, 0.3) is 0 Å². The summed E-state index contributed by atoms with van der Waals surface area (Å²) in [5, 5.41) is 3.11. The van der Waals surface area contributed by atoms with Crippen LogP contribution in [-0.2, 0) is 16.1 Å². The van der Waals surface area contributed by atoms with Crippen LogP contribution < -0.4 is 5.32 Å². The molecule has 5 heteroatoms. The summed E-state index contributed by atoms with van der Waals surface area (Å²) in [5.74, 6) is 1.04. The highest BCUT2D eigenvalue weighted by Crippen LogP contribution is 2.28. The van der Waals surface area contributed by atoms with Crippen molar-refractivity contribution in [2.45, 2.75) is 59.0 Å². The van der Waals surface area contributed by atoms with Crippen LogP contribution in [0.5, 0.6) is 0 Å². The summed E-state index contributed by atoms with van der Waals surface area (Å²) in [6.45, 7) is 10.4. The number of hydrogen-bond acceptors (Lipinski definition) is 3. The molecule has 1 aromatic rings. The van der Waals surface area contributed by atoms with Gasteiger partial charge in [-0.3, -0.25) is 14.5 Å². The Morgan fingerprint density at radius 2 is 1.62 bits per heavy atom. The van der Waals surface area contributed by atoms with Crippen LogP contribution in [0.15, 0.2) is 30.3 Å². The van der Waals surface area contributed by atoms with E-state index in [2.05, 4.69) is 41.4 Å². The second-order valence-corrected chi connectivity index (χ2v) is 9.27. The Labute approximate surface area is 175 Å². The fourth-order valence-electron chi connectivity index (χ4n) is 4.47. The van der Waals surface area contributed by atoms with Crippen LogP contribution in [0.3, 0.4) is 0 Å². The zero-order valence-electron chi connectivity index (χ0n) is 18.3. The van der Waals surface area contributed by atoms with Crippen LogP contribution >= 0.6 is 0 Å². The Hall–Kier alpha value is -1.88. The molecule has 5 nitrogen and oxygen atoms in total. The highest BCUT2D eigenvalue weighted by atomic mass is 16.2. The fourth-order valence-corrected chi connectivity index (χ4v) is 4.47. The Kier molecular flexibility index (Phi) is 7.70. The minimum Gasteiger partial charge on any atom is -0.344 e. The molecule has 0 spiro atoms. The third-order valence-corrected chi connectivity index (χ3v) is 6.55. The van der Waals surface area contributed by atoms with Crippen LogP contribution in [0.1, 0.15) is 52.0 Å². The van der Waals surface area contributed by atoms with Crippen molar-refractivity contribution in [1.82, 2.24) is 15.1 Å². The molecule has 1 N–H and O–H groups in total. The molecule has 3 rings (SSSR count). The van der Waals surface area contributed by atoms with Crippen molar-refractivity contribution in [3.8, 4) is 0 Å². The number of nitrogens with one attached hydrogen (secondary N) is 1. The third-order valence-electron chi connectivity index (χ3n) is 6.55. The largest absolute Gasteiger partial charge is 0.344 e. The summed E-state index contributed by atoms with van der Waals surface area (Å²) in [6.07, 6.45) is 4.12. The number of carbonyl (C=O) groups is 2. The predicted molar refractivity (Wildman–Crippen MR) is 116 cm³/mol. The van der Waals surface area contributed by atoms with Gasteiger partial charge in [-0.05, 0) is 43.1 Å². The van der Waals surface area contributed by atoms with Gasteiger partial charge in [-0.1, -0.05) is 51.1 Å². The SMILES string of the molecule is CC1CCC(C(=O)N[C@H](C(=O)N2CCN(Cc3ccccc3)CC2)C(C)C)CC1. The van der Waals surface area contributed by atoms with Gasteiger partial charge in [0.15, 0.2) is 0 Å². The maximum atomic E-state index is 13.2. The van der Waals surface area contributed by atoms with Crippen LogP contribution in [-0.4, -0.2) is 53.8 Å². The molecule has 2 amide bonds. The van der Waals surface area contributed by atoms with E-state index in [9.17, 15) is 9.59 Å². The van der Waals surface area contributed by atoms with Crippen LogP contribution in [0.4, 0.5) is 0 Å². The molecule has 2 aliphatic rings. The Morgan fingerprint density at radius 3 is 2.21 bits per heavy atom. The average molecular weight is 400 g/mol. The molecule has 1 saturated carbocycles. The van der Waals surface area contributed by atoms with Crippen molar-refractivity contribution < 1.29 is 9.59 Å². The average Bonchev–Trinajstić information content (AvgIpc) is 2.73. The van der Waals surface area contributed by atoms with Crippen LogP contribution in [0.25, 0.3) is 0 Å². The topological polar surface area (TPSA) is 52.7 Å². The van der Waals surface area contributed by atoms with E-state index >= 15 is 0 Å². The first kappa shape index (κ1) is 21.8. The zero-order chi connectivity index (χ0) is 20.8. The number of carbonyl (C=O) groups excluding carboxylic acids is 2. The summed E-state index contributed by atoms with van der Waals surface area (Å²) in [7, 11) is 0. The van der Waals surface area contributed by atoms with Crippen molar-refractivity contribution in [3.63, 3.8) is 0 Å². The van der Waals surface area contributed by atoms with Crippen LogP contribution in [0.2, 0.25) is 0 Å². The van der Waals surface area contributed by atoms with Crippen molar-refractivity contribution >= 4 is 11.8 Å². The number of piperazine rings is 1. The fraction of sp³-hybridized carbons (Fsp3) is 0.667. The lowest BCUT2D eigenvalue weighted by Gasteiger charge is -2.37. The highest BCUT2D eigenvalue weighted by Gasteiger charge is 2.33. The number of rotatable bonds is 6. The molecule has 1 heterocycles. The number of benzene rings is 1. The van der Waals surface area contributed by atoms with Gasteiger partial charge in [-0.25, -0.2) is 0 Å². The van der Waals surface area contributed by atoms with E-state index in [1.807, 2.05) is 24.8 Å². The third kappa shape index (κ3) is 6.05. The zero-order valence-corrected chi connectivity index (χ0v) is 18.3. The second kappa shape index (κ2) is 10.2. The Bertz CT molecular complexity index is 660. The smallest absolute Gasteiger partial charge is 0.245 e. The van der Waals surface area contributed by atoms with E-state index in [0.29, 0.717) is 5.92 Å². The minimum atomic E-state index is -0.414. The van der Waals surface area contributed by atoms with Crippen molar-refractivity contribution in [1.29, 1.82) is 0 Å². The van der Waals surface area contributed by atoms with Crippen molar-refractivity contribution in [3.05, 3.63) is 35.9 Å². The Morgan fingerprint density at radius 1 is 1.00 bits per heavy atom. The normalized spacial score (nSPS) is 24.3. The molecule has 1 atom stereocenters. The van der Waals surface area contributed by atoms with E-state index in [1.165, 1.54) is 5.56 Å². The molecule has 0 bridgehead atoms. The van der Waals surface area contributed by atoms with Gasteiger partial charge in [-0.2, -0.15) is 0 Å². The highest BCUT2D eigenvalue weighted by molar-refractivity contribution is 5.88. The van der Waals surface area contributed by atoms with Crippen molar-refractivity contribution in [2.75, 3.05) is 26.2 Å². The summed E-state index contributed by atoms with van der Waals surface area (Å²) < 4.78 is 0. The molecule has 1 aliphatic carbocycles. The van der Waals surface area contributed by atoms with Gasteiger partial charge in [0.05, 0.1) is 0 Å². The summed E-state index contributed by atoms with van der Waals surface area (Å²) in [4.78, 5) is 30.3. The van der Waals surface area contributed by atoms with Gasteiger partial charge in [-0.15, -0.1) is 0 Å². The Balaban J connectivity index is 1.51. The lowest BCUT2D eigenvalue weighted by molar-refractivity contribution is -0.140. The monoisotopic (exact) mass is 399 g/mol. The van der Waals surface area contributed by atoms with E-state index < -0.39 is 6.04 Å². The van der Waals surface area contributed by atoms with Gasteiger partial charge in [0, 0.05) is 38.6 Å². The quantitative estimate of drug-likeness (QED) is 0.799. The van der Waals surface area contributed by atoms with Gasteiger partial charge in [0.2, 0.25) is 11.8 Å². The number of hydrogen-bond donors (Lipinski definition) is 1. The molecule has 1 aromatic carbocycles. The standard InChI is InChI=1S/C24H37N3O2/c1-18(2)22(25-23(28)21-11-9-19(3)10-12-21)24(29)27-15-13-26(14-16-27)17-20-7-5-4-6-8-20/h4-8,18-19,21-22H,9-17H2,1-3H3,(H,25,28)/t19?,21?,22-/m0/s1. The van der Waals surface area contributed by atoms with Gasteiger partial charge >= 0.3 is 0 Å². The molecule has 0 radical (unpaired) electrons. The first-order valence-corrected chi connectivity index (χ1v) is 11.3. The molecule has 0 aromatic heterocycles. The first-order valence-electron chi connectivity index (χ1n) is 11.3. The summed E-state index contributed by atoms with van der Waals surface area (Å²) in [5.41, 5.74) is 1.31. The van der Waals surface area contributed by atoms with Gasteiger partial charge < -0.3 is 10.2 Å². The molecule has 0 unspecified atom stereocenters. The summed E-state index contributed by atoms with van der Waals surface area (Å²) in [6, 6.07) is 10.1. The summed E-state index contributed by atoms with van der Waals surface area (Å²) >= 11 is 0. The van der Waals surface area contributed by atoms with E-state index in [0.717, 1.165) is 58.4 Å². The number of amides is 2. The number of nitrogens with zero attached hydrogens (tertiary/aromatic N) is 2. The van der Waals surface area contributed by atoms with E-state index in [4.69, 9.17) is 0 Å². The molecule has 160 valence electrons. The predicted octanol–water partition coefficient (Wildman–Crippen LogP) is 3.30. The molecular weight excluding hydrogens is 362 g/mol. The molecule has 29 heavy (non-hydrogen) atoms. The minimum absolute atomic E-state index is 0.0722. The molecule has 1 aliphatic heterocycles. The van der Waals surface area contributed by atoms with E-state index in [-0.39, 0.29) is 23.7 Å². The molecule has 1 saturated heterocycles. The van der Waals surface area contributed by atoms with E-state index in [1.54, 1.807) is 0 Å². The first-order chi connectivity index (χ1) is 13.9.